The summed E-state index contributed by atoms with van der Waals surface area (Å²) < 4.78 is 48.4. The van der Waals surface area contributed by atoms with Gasteiger partial charge in [0.05, 0.1) is 37.8 Å². The molecule has 0 bridgehead atoms. The van der Waals surface area contributed by atoms with Crippen molar-refractivity contribution in [3.8, 4) is 34.5 Å². The van der Waals surface area contributed by atoms with E-state index < -0.39 is 11.4 Å². The first-order valence-electron chi connectivity index (χ1n) is 34.7. The number of hydrogen-bond donors (Lipinski definition) is 13. The first-order chi connectivity index (χ1) is 50.8. The second-order valence-corrected chi connectivity index (χ2v) is 28.1. The quantitative estimate of drug-likeness (QED) is 0.00806. The molecule has 10 rings (SSSR count). The number of ether oxygens (including phenoxy) is 4. The van der Waals surface area contributed by atoms with Gasteiger partial charge in [0.15, 0.2) is 0 Å². The summed E-state index contributed by atoms with van der Waals surface area (Å²) in [5.74, 6) is 1.72. The molecule has 0 radical (unpaired) electrons. The number of aromatic hydroxyl groups is 2. The Labute approximate surface area is 638 Å². The maximum atomic E-state index is 12.9. The number of unbranched alkanes of at least 4 members (excludes halogenated alkanes) is 9. The van der Waals surface area contributed by atoms with Crippen molar-refractivity contribution in [3.63, 3.8) is 0 Å². The minimum absolute atomic E-state index is 0.0282. The van der Waals surface area contributed by atoms with E-state index >= 15 is 0 Å². The highest BCUT2D eigenvalue weighted by molar-refractivity contribution is 8.76. The zero-order chi connectivity index (χ0) is 76.8. The van der Waals surface area contributed by atoms with Crippen molar-refractivity contribution in [1.82, 2.24) is 0 Å². The Bertz CT molecular complexity index is 4000. The first-order valence-corrected chi connectivity index (χ1v) is 37.6. The van der Waals surface area contributed by atoms with Gasteiger partial charge in [-0.25, -0.2) is 8.78 Å². The summed E-state index contributed by atoms with van der Waals surface area (Å²) in [6.07, 6.45) is 14.4. The average molecular weight is 1520 g/mol. The smallest absolute Gasteiger partial charge is 0.303 e. The zero-order valence-electron chi connectivity index (χ0n) is 59.5. The van der Waals surface area contributed by atoms with Gasteiger partial charge in [0.1, 0.15) is 46.1 Å². The second kappa shape index (κ2) is 45.1. The van der Waals surface area contributed by atoms with Crippen molar-refractivity contribution in [2.45, 2.75) is 118 Å². The molecule has 0 spiro atoms. The number of nitrogen functional groups attached to an aromatic ring is 10. The number of aliphatic carboxylic acids is 1. The zero-order valence-corrected chi connectivity index (χ0v) is 62.7. The van der Waals surface area contributed by atoms with E-state index in [4.69, 9.17) is 105 Å². The lowest BCUT2D eigenvalue weighted by molar-refractivity contribution is -0.137. The van der Waals surface area contributed by atoms with Crippen molar-refractivity contribution in [2.75, 3.05) is 83.8 Å². The van der Waals surface area contributed by atoms with E-state index in [1.54, 1.807) is 48.5 Å². The molecule has 0 amide bonds. The van der Waals surface area contributed by atoms with Crippen LogP contribution in [0.15, 0.2) is 216 Å². The molecule has 10 aromatic carbocycles. The number of nitrogens with two attached hydrogens (primary N) is 10. The number of carbonyl (C=O) groups is 1. The Morgan fingerprint density at radius 3 is 1.00 bits per heavy atom. The molecule has 0 aliphatic carbocycles. The van der Waals surface area contributed by atoms with Gasteiger partial charge in [-0.1, -0.05) is 139 Å². The monoisotopic (exact) mass is 1520 g/mol. The minimum atomic E-state index is -0.908. The van der Waals surface area contributed by atoms with Crippen LogP contribution >= 0.6 is 44.8 Å². The van der Waals surface area contributed by atoms with Crippen LogP contribution in [0.3, 0.4) is 0 Å². The van der Waals surface area contributed by atoms with Crippen LogP contribution in [-0.2, 0) is 23.1 Å². The Kier molecular flexibility index (Phi) is 36.0. The Balaban J connectivity index is 0.000000209. The largest absolute Gasteiger partial charge is 0.506 e. The fourth-order valence-corrected chi connectivity index (χ4v) is 13.1. The fourth-order valence-electron chi connectivity index (χ4n) is 10.6. The third-order valence-corrected chi connectivity index (χ3v) is 19.5. The van der Waals surface area contributed by atoms with Crippen LogP contribution in [0.25, 0.3) is 0 Å². The van der Waals surface area contributed by atoms with Crippen LogP contribution in [0.1, 0.15) is 113 Å². The van der Waals surface area contributed by atoms with Gasteiger partial charge < -0.3 is 91.6 Å². The number of rotatable bonds is 32. The van der Waals surface area contributed by atoms with Crippen LogP contribution < -0.4 is 76.3 Å². The van der Waals surface area contributed by atoms with Crippen molar-refractivity contribution < 1.29 is 47.8 Å². The van der Waals surface area contributed by atoms with E-state index in [1.165, 1.54) is 96.5 Å². The molecule has 18 nitrogen and oxygen atoms in total. The second-order valence-electron chi connectivity index (χ2n) is 25.1. The molecule has 0 aromatic heterocycles. The van der Waals surface area contributed by atoms with Gasteiger partial charge in [-0.15, -0.1) is 0 Å². The SMILES string of the molecule is CC(CCC(=O)O)(c1ccc(O)c(N)c1)c1ccc(O)c(N)c1.Nc1cc(Cl)ccc1SSc1ccc(Cl)cc1N.Nc1cc(F)ccc1CCc1ccc(F)cc1N.Nc1cccc(OCCCCCCCCCCOc2cccc(N)c2)c1.Nc1cccc(OCCCCCOc2cccc(N)c2)c1. The molecule has 106 heavy (non-hydrogen) atoms. The molecule has 0 aliphatic rings. The van der Waals surface area contributed by atoms with Crippen LogP contribution in [0, 0.1) is 11.6 Å². The van der Waals surface area contributed by atoms with E-state index in [1.807, 2.05) is 128 Å². The number of halogens is 4. The van der Waals surface area contributed by atoms with Crippen LogP contribution in [0.4, 0.5) is 65.7 Å². The summed E-state index contributed by atoms with van der Waals surface area (Å²) in [5, 5.41) is 29.5. The van der Waals surface area contributed by atoms with Gasteiger partial charge in [0.25, 0.3) is 0 Å². The first kappa shape index (κ1) is 84.5. The van der Waals surface area contributed by atoms with E-state index in [-0.39, 0.29) is 40.9 Å². The number of aryl methyl sites for hydroxylation is 2. The summed E-state index contributed by atoms with van der Waals surface area (Å²) in [6.45, 7) is 4.81. The topological polar surface area (TPSA) is 375 Å². The molecule has 0 atom stereocenters. The molecule has 10 aromatic rings. The molecule has 0 aliphatic heterocycles. The molecule has 0 heterocycles. The summed E-state index contributed by atoms with van der Waals surface area (Å²) in [5.41, 5.74) is 65.7. The number of hydrogen-bond acceptors (Lipinski definition) is 19. The molecule has 0 fully saturated rings. The maximum absolute atomic E-state index is 12.9. The van der Waals surface area contributed by atoms with Gasteiger partial charge in [-0.3, -0.25) is 4.79 Å². The van der Waals surface area contributed by atoms with Crippen molar-refractivity contribution >= 4 is 108 Å². The van der Waals surface area contributed by atoms with Crippen molar-refractivity contribution in [2.24, 2.45) is 0 Å². The highest BCUT2D eigenvalue weighted by Crippen LogP contribution is 2.44. The molecular formula is C82H98Cl2F2N10O8S2. The van der Waals surface area contributed by atoms with Gasteiger partial charge >= 0.3 is 5.97 Å². The third kappa shape index (κ3) is 31.1. The third-order valence-electron chi connectivity index (χ3n) is 16.5. The van der Waals surface area contributed by atoms with E-state index in [2.05, 4.69) is 0 Å². The molecule has 564 valence electrons. The van der Waals surface area contributed by atoms with Gasteiger partial charge in [-0.05, 0) is 207 Å². The predicted molar refractivity (Wildman–Crippen MR) is 437 cm³/mol. The van der Waals surface area contributed by atoms with E-state index in [9.17, 15) is 23.8 Å². The molecule has 0 unspecified atom stereocenters. The van der Waals surface area contributed by atoms with Crippen LogP contribution in [0.2, 0.25) is 10.0 Å². The number of carboxylic acid groups (broad SMARTS) is 1. The van der Waals surface area contributed by atoms with Crippen LogP contribution in [0.5, 0.6) is 34.5 Å². The molecule has 23 N–H and O–H groups in total. The Morgan fingerprint density at radius 2 is 0.708 bits per heavy atom. The van der Waals surface area contributed by atoms with E-state index in [0.717, 1.165) is 123 Å². The molecule has 0 saturated carbocycles. The summed E-state index contributed by atoms with van der Waals surface area (Å²) in [4.78, 5) is 12.9. The lowest BCUT2D eigenvalue weighted by Gasteiger charge is -2.31. The van der Waals surface area contributed by atoms with Crippen molar-refractivity contribution in [1.29, 1.82) is 0 Å². The number of phenolic OH excluding ortho intramolecular Hbond substituents is 2. The number of carboxylic acids is 1. The lowest BCUT2D eigenvalue weighted by atomic mass is 9.72. The van der Waals surface area contributed by atoms with Gasteiger partial charge in [-0.2, -0.15) is 0 Å². The maximum Gasteiger partial charge on any atom is 0.303 e. The Morgan fingerprint density at radius 1 is 0.387 bits per heavy atom. The molecule has 24 heteroatoms. The summed E-state index contributed by atoms with van der Waals surface area (Å²) in [7, 11) is 3.08. The predicted octanol–water partition coefficient (Wildman–Crippen LogP) is 19.2. The normalized spacial score (nSPS) is 10.7. The van der Waals surface area contributed by atoms with Gasteiger partial charge in [0.2, 0.25) is 0 Å². The van der Waals surface area contributed by atoms with Crippen LogP contribution in [-0.4, -0.2) is 47.7 Å². The van der Waals surface area contributed by atoms with Gasteiger partial charge in [0, 0.05) is 101 Å². The fraction of sp³-hybridized carbons (Fsp3) is 0.256. The number of anilines is 10. The highest BCUT2D eigenvalue weighted by Gasteiger charge is 2.31. The Hall–Kier alpha value is -10.4. The summed E-state index contributed by atoms with van der Waals surface area (Å²) >= 11 is 11.7. The van der Waals surface area contributed by atoms with E-state index in [0.29, 0.717) is 65.3 Å². The standard InChI is InChI=1S/C22H32N2O2.C17H20N2O4.C17H22N2O2.C14H14F2N2.C12H10Cl2N2S2/c23-19-11-9-13-21(17-19)25-15-7-5-3-1-2-4-6-8-16-26-22-14-10-12-20(24)18-22;1-17(7-6-16(22)23,10-2-4-14(20)12(18)8-10)11-3-5-15(21)13(19)9-11;18-14-6-4-8-16(12-14)20-10-2-1-3-11-21-17-9-5-7-15(19)13-17;15-11-5-3-9(13(17)7-11)1-2-10-4-6-12(16)8-14(10)18;13-7-1-3-11(9(15)5-7)17-18-12-4-2-8(14)6-10(12)16/h9-14,17-18H,1-8,15-16,23-24H2;2-5,8-9,20-21H,6-7,18-19H2,1H3,(H,22,23);4-9,12-13H,1-3,10-11,18-19H2;3-8H,1-2,17-18H2;1-6H,15-16H2. The number of benzene rings is 10. The number of phenols is 2. The molecule has 0 saturated heterocycles. The van der Waals surface area contributed by atoms with Crippen molar-refractivity contribution in [3.05, 3.63) is 250 Å². The minimum Gasteiger partial charge on any atom is -0.506 e. The lowest BCUT2D eigenvalue weighted by Crippen LogP contribution is -2.25. The average Bonchev–Trinajstić information content (AvgIpc) is 0.779. The molecular weight excluding hydrogens is 1430 g/mol. The highest BCUT2D eigenvalue weighted by atomic mass is 35.5. The summed E-state index contributed by atoms with van der Waals surface area (Å²) in [6, 6.07) is 59.4.